The number of rotatable bonds is 3. The number of benzene rings is 1. The predicted octanol–water partition coefficient (Wildman–Crippen LogP) is 2.37. The Labute approximate surface area is 155 Å². The van der Waals surface area contributed by atoms with Crippen LogP contribution in [-0.2, 0) is 6.54 Å². The molecule has 1 aliphatic carbocycles. The van der Waals surface area contributed by atoms with Gasteiger partial charge in [-0.1, -0.05) is 42.5 Å². The van der Waals surface area contributed by atoms with Crippen LogP contribution in [0.1, 0.15) is 11.1 Å². The molecule has 0 saturated carbocycles. The van der Waals surface area contributed by atoms with Crippen LogP contribution in [-0.4, -0.2) is 26.8 Å². The van der Waals surface area contributed by atoms with E-state index in [1.54, 1.807) is 29.2 Å². The third-order valence-electron chi connectivity index (χ3n) is 4.97. The molecular weight excluding hydrogens is 338 g/mol. The zero-order valence-electron chi connectivity index (χ0n) is 14.5. The summed E-state index contributed by atoms with van der Waals surface area (Å²) in [6, 6.07) is 12.1. The van der Waals surface area contributed by atoms with Crippen molar-refractivity contribution in [1.82, 2.24) is 20.0 Å². The normalized spacial score (nSPS) is 20.4. The van der Waals surface area contributed by atoms with Crippen molar-refractivity contribution in [1.29, 1.82) is 0 Å². The Morgan fingerprint density at radius 3 is 2.89 bits per heavy atom. The van der Waals surface area contributed by atoms with Gasteiger partial charge in [-0.25, -0.2) is 9.97 Å². The molecule has 0 saturated heterocycles. The van der Waals surface area contributed by atoms with Crippen LogP contribution in [0, 0.1) is 5.92 Å². The molecule has 2 atom stereocenters. The topological polar surface area (TPSA) is 72.2 Å². The number of nitrogens with zero attached hydrogens (tertiary/aromatic N) is 4. The minimum Gasteiger partial charge on any atom is -0.302 e. The maximum Gasteiger partial charge on any atom is 0.280 e. The number of hydrazone groups is 1. The zero-order valence-corrected chi connectivity index (χ0v) is 14.5. The van der Waals surface area contributed by atoms with Gasteiger partial charge >= 0.3 is 0 Å². The molecule has 6 nitrogen and oxygen atoms in total. The molecule has 0 bridgehead atoms. The Morgan fingerprint density at radius 1 is 1.11 bits per heavy atom. The lowest BCUT2D eigenvalue weighted by molar-refractivity contribution is 0.624. The predicted molar refractivity (Wildman–Crippen MR) is 105 cm³/mol. The molecular formula is C21H17N5O. The number of fused-ring (bicyclic) bond motifs is 2. The van der Waals surface area contributed by atoms with Gasteiger partial charge < -0.3 is 5.43 Å². The molecule has 1 N–H and O–H groups in total. The van der Waals surface area contributed by atoms with E-state index in [1.807, 2.05) is 18.3 Å². The van der Waals surface area contributed by atoms with Crippen LogP contribution in [0.15, 0.2) is 77.0 Å². The van der Waals surface area contributed by atoms with E-state index in [9.17, 15) is 4.79 Å². The summed E-state index contributed by atoms with van der Waals surface area (Å²) in [5, 5.41) is 4.13. The first-order valence-corrected chi connectivity index (χ1v) is 8.86. The fourth-order valence-electron chi connectivity index (χ4n) is 3.47. The highest BCUT2D eigenvalue weighted by Crippen LogP contribution is 2.26. The molecule has 0 amide bonds. The molecule has 3 heterocycles. The Balaban J connectivity index is 1.40. The van der Waals surface area contributed by atoms with Crippen molar-refractivity contribution in [2.45, 2.75) is 12.6 Å². The van der Waals surface area contributed by atoms with Gasteiger partial charge in [-0.15, -0.1) is 0 Å². The highest BCUT2D eigenvalue weighted by molar-refractivity contribution is 5.81. The summed E-state index contributed by atoms with van der Waals surface area (Å²) >= 11 is 0. The molecule has 0 spiro atoms. The second-order valence-corrected chi connectivity index (χ2v) is 6.74. The van der Waals surface area contributed by atoms with Crippen LogP contribution in [0.5, 0.6) is 0 Å². The second-order valence-electron chi connectivity index (χ2n) is 6.74. The van der Waals surface area contributed by atoms with Crippen LogP contribution in [0.2, 0.25) is 0 Å². The van der Waals surface area contributed by atoms with Gasteiger partial charge in [-0.2, -0.15) is 5.10 Å². The third-order valence-corrected chi connectivity index (χ3v) is 4.97. The van der Waals surface area contributed by atoms with Gasteiger partial charge in [0, 0.05) is 18.3 Å². The maximum atomic E-state index is 12.6. The first kappa shape index (κ1) is 15.7. The van der Waals surface area contributed by atoms with Crippen LogP contribution in [0.3, 0.4) is 0 Å². The van der Waals surface area contributed by atoms with Crippen molar-refractivity contribution >= 4 is 22.8 Å². The molecule has 1 aromatic carbocycles. The SMILES string of the molecule is O=c1c2ncccc2ncn1Cc1ccc(C2=CC3C=NNC3C=C2)cc1. The number of allylic oxidation sites excluding steroid dienone is 2. The third kappa shape index (κ3) is 2.85. The summed E-state index contributed by atoms with van der Waals surface area (Å²) < 4.78 is 1.59. The number of hydrogen-bond acceptors (Lipinski definition) is 5. The van der Waals surface area contributed by atoms with Gasteiger partial charge in [0.25, 0.3) is 5.56 Å². The smallest absolute Gasteiger partial charge is 0.280 e. The van der Waals surface area contributed by atoms with Crippen molar-refractivity contribution in [3.05, 3.63) is 88.6 Å². The van der Waals surface area contributed by atoms with Crippen molar-refractivity contribution in [2.75, 3.05) is 0 Å². The maximum absolute atomic E-state index is 12.6. The molecule has 27 heavy (non-hydrogen) atoms. The summed E-state index contributed by atoms with van der Waals surface area (Å²) in [6.07, 6.45) is 11.6. The van der Waals surface area contributed by atoms with E-state index in [1.165, 1.54) is 5.57 Å². The number of pyridine rings is 1. The zero-order chi connectivity index (χ0) is 18.2. The monoisotopic (exact) mass is 355 g/mol. The lowest BCUT2D eigenvalue weighted by Gasteiger charge is -2.17. The van der Waals surface area contributed by atoms with Gasteiger partial charge in [0.1, 0.15) is 0 Å². The Kier molecular flexibility index (Phi) is 3.67. The Bertz CT molecular complexity index is 1160. The molecule has 2 aliphatic rings. The summed E-state index contributed by atoms with van der Waals surface area (Å²) in [4.78, 5) is 21.1. The van der Waals surface area contributed by atoms with Crippen LogP contribution in [0.25, 0.3) is 16.6 Å². The van der Waals surface area contributed by atoms with Gasteiger partial charge in [-0.05, 0) is 28.8 Å². The van der Waals surface area contributed by atoms with Gasteiger partial charge in [0.2, 0.25) is 0 Å². The van der Waals surface area contributed by atoms with E-state index in [0.29, 0.717) is 23.5 Å². The average Bonchev–Trinajstić information content (AvgIpc) is 3.19. The largest absolute Gasteiger partial charge is 0.302 e. The lowest BCUT2D eigenvalue weighted by atomic mass is 9.90. The summed E-state index contributed by atoms with van der Waals surface area (Å²) in [7, 11) is 0. The molecule has 1 aliphatic heterocycles. The van der Waals surface area contributed by atoms with E-state index >= 15 is 0 Å². The molecule has 132 valence electrons. The second kappa shape index (κ2) is 6.32. The van der Waals surface area contributed by atoms with Gasteiger partial charge in [-0.3, -0.25) is 9.36 Å². The van der Waals surface area contributed by atoms with E-state index in [0.717, 1.165) is 11.1 Å². The number of nitrogens with one attached hydrogen (secondary N) is 1. The molecule has 5 rings (SSSR count). The van der Waals surface area contributed by atoms with E-state index in [2.05, 4.69) is 50.9 Å². The standard InChI is InChI=1S/C21H17N5O/c27-21-20-19(2-1-9-22-20)23-13-26(21)12-14-3-5-15(6-4-14)16-7-8-18-17(10-16)11-24-25-18/h1-11,13,17-18,25H,12H2. The molecule has 6 heteroatoms. The van der Waals surface area contributed by atoms with Crippen molar-refractivity contribution < 1.29 is 0 Å². The van der Waals surface area contributed by atoms with Crippen LogP contribution in [0.4, 0.5) is 0 Å². The first-order chi connectivity index (χ1) is 13.3. The van der Waals surface area contributed by atoms with E-state index in [-0.39, 0.29) is 11.6 Å². The van der Waals surface area contributed by atoms with Crippen molar-refractivity contribution in [3.63, 3.8) is 0 Å². The fraction of sp³-hybridized carbons (Fsp3) is 0.143. The highest BCUT2D eigenvalue weighted by Gasteiger charge is 2.22. The Morgan fingerprint density at radius 2 is 2.00 bits per heavy atom. The van der Waals surface area contributed by atoms with Crippen molar-refractivity contribution in [2.24, 2.45) is 11.0 Å². The number of hydrogen-bond donors (Lipinski definition) is 1. The quantitative estimate of drug-likeness (QED) is 0.783. The minimum absolute atomic E-state index is 0.123. The van der Waals surface area contributed by atoms with E-state index < -0.39 is 0 Å². The summed E-state index contributed by atoms with van der Waals surface area (Å²) in [6.45, 7) is 0.467. The lowest BCUT2D eigenvalue weighted by Crippen LogP contribution is -2.25. The summed E-state index contributed by atoms with van der Waals surface area (Å²) in [5.74, 6) is 0.305. The first-order valence-electron chi connectivity index (χ1n) is 8.86. The average molecular weight is 355 g/mol. The highest BCUT2D eigenvalue weighted by atomic mass is 16.1. The minimum atomic E-state index is -0.123. The van der Waals surface area contributed by atoms with Gasteiger partial charge in [0.15, 0.2) is 5.52 Å². The van der Waals surface area contributed by atoms with Crippen molar-refractivity contribution in [3.8, 4) is 0 Å². The van der Waals surface area contributed by atoms with Crippen LogP contribution >= 0.6 is 0 Å². The van der Waals surface area contributed by atoms with E-state index in [4.69, 9.17) is 0 Å². The molecule has 2 unspecified atom stereocenters. The molecule has 2 aromatic heterocycles. The van der Waals surface area contributed by atoms with Crippen LogP contribution < -0.4 is 11.0 Å². The van der Waals surface area contributed by atoms with Gasteiger partial charge in [0.05, 0.1) is 24.4 Å². The molecule has 0 fully saturated rings. The fourth-order valence-corrected chi connectivity index (χ4v) is 3.47. The summed E-state index contributed by atoms with van der Waals surface area (Å²) in [5.41, 5.74) is 7.35. The molecule has 3 aromatic rings. The molecule has 0 radical (unpaired) electrons. The Hall–Kier alpha value is -3.54. The number of aromatic nitrogens is 3.